The largest absolute Gasteiger partial charge is 0.342 e. The van der Waals surface area contributed by atoms with E-state index in [1.54, 1.807) is 0 Å². The summed E-state index contributed by atoms with van der Waals surface area (Å²) < 4.78 is 0. The van der Waals surface area contributed by atoms with Crippen LogP contribution < -0.4 is 5.32 Å². The maximum atomic E-state index is 12.9. The summed E-state index contributed by atoms with van der Waals surface area (Å²) >= 11 is 0. The fourth-order valence-electron chi connectivity index (χ4n) is 3.70. The van der Waals surface area contributed by atoms with Crippen LogP contribution >= 0.6 is 0 Å². The number of carbonyl (C=O) groups is 2. The molecule has 2 heterocycles. The summed E-state index contributed by atoms with van der Waals surface area (Å²) in [6.45, 7) is 7.99. The molecule has 1 aliphatic carbocycles. The SMILES string of the molecule is CCC(C)C1NC(=O)C(C)N(C2CCN(C3CC3)C2)C1=O. The Morgan fingerprint density at radius 3 is 2.57 bits per heavy atom. The number of amides is 2. The van der Waals surface area contributed by atoms with E-state index in [0.717, 1.165) is 32.0 Å². The van der Waals surface area contributed by atoms with E-state index in [4.69, 9.17) is 0 Å². The van der Waals surface area contributed by atoms with Crippen molar-refractivity contribution in [3.05, 3.63) is 0 Å². The van der Waals surface area contributed by atoms with Gasteiger partial charge in [-0.05, 0) is 32.1 Å². The Labute approximate surface area is 127 Å². The highest BCUT2D eigenvalue weighted by molar-refractivity contribution is 5.97. The Balaban J connectivity index is 1.74. The number of hydrogen-bond acceptors (Lipinski definition) is 3. The van der Waals surface area contributed by atoms with Gasteiger partial charge >= 0.3 is 0 Å². The van der Waals surface area contributed by atoms with Crippen LogP contribution in [0.5, 0.6) is 0 Å². The van der Waals surface area contributed by atoms with E-state index >= 15 is 0 Å². The lowest BCUT2D eigenvalue weighted by atomic mass is 9.93. The zero-order valence-electron chi connectivity index (χ0n) is 13.3. The van der Waals surface area contributed by atoms with Crippen LogP contribution in [0.1, 0.15) is 46.5 Å². The van der Waals surface area contributed by atoms with Crippen molar-refractivity contribution in [1.82, 2.24) is 15.1 Å². The van der Waals surface area contributed by atoms with E-state index in [1.807, 2.05) is 18.7 Å². The number of nitrogens with one attached hydrogen (secondary N) is 1. The lowest BCUT2D eigenvalue weighted by Gasteiger charge is -2.42. The van der Waals surface area contributed by atoms with Crippen LogP contribution in [0.15, 0.2) is 0 Å². The molecule has 0 spiro atoms. The molecule has 0 bridgehead atoms. The van der Waals surface area contributed by atoms with Gasteiger partial charge in [0.25, 0.3) is 0 Å². The fraction of sp³-hybridized carbons (Fsp3) is 0.875. The molecule has 5 nitrogen and oxygen atoms in total. The van der Waals surface area contributed by atoms with Gasteiger partial charge in [-0.15, -0.1) is 0 Å². The van der Waals surface area contributed by atoms with Crippen LogP contribution in [0.2, 0.25) is 0 Å². The zero-order valence-corrected chi connectivity index (χ0v) is 13.3. The van der Waals surface area contributed by atoms with Crippen LogP contribution in [-0.2, 0) is 9.59 Å². The summed E-state index contributed by atoms with van der Waals surface area (Å²) in [6, 6.07) is 0.283. The highest BCUT2D eigenvalue weighted by atomic mass is 16.2. The molecule has 118 valence electrons. The van der Waals surface area contributed by atoms with Crippen LogP contribution in [0.25, 0.3) is 0 Å². The lowest BCUT2D eigenvalue weighted by Crippen LogP contribution is -2.66. The highest BCUT2D eigenvalue weighted by Gasteiger charge is 2.46. The fourth-order valence-corrected chi connectivity index (χ4v) is 3.70. The van der Waals surface area contributed by atoms with Crippen molar-refractivity contribution < 1.29 is 9.59 Å². The molecule has 1 saturated carbocycles. The molecular formula is C16H27N3O2. The summed E-state index contributed by atoms with van der Waals surface area (Å²) in [5, 5.41) is 2.92. The lowest BCUT2D eigenvalue weighted by molar-refractivity contribution is -0.152. The van der Waals surface area contributed by atoms with E-state index in [1.165, 1.54) is 12.8 Å². The van der Waals surface area contributed by atoms with Crippen molar-refractivity contribution in [2.75, 3.05) is 13.1 Å². The first kappa shape index (κ1) is 14.8. The molecule has 1 N–H and O–H groups in total. The molecule has 3 fully saturated rings. The molecule has 0 aromatic heterocycles. The number of hydrogen-bond donors (Lipinski definition) is 1. The van der Waals surface area contributed by atoms with Crippen LogP contribution in [-0.4, -0.2) is 58.9 Å². The Morgan fingerprint density at radius 1 is 1.24 bits per heavy atom. The number of rotatable bonds is 4. The van der Waals surface area contributed by atoms with Gasteiger partial charge in [-0.3, -0.25) is 14.5 Å². The highest BCUT2D eigenvalue weighted by Crippen LogP contribution is 2.32. The average Bonchev–Trinajstić information content (AvgIpc) is 3.22. The van der Waals surface area contributed by atoms with Gasteiger partial charge in [0, 0.05) is 25.2 Å². The minimum absolute atomic E-state index is 0.00442. The van der Waals surface area contributed by atoms with E-state index < -0.39 is 0 Å². The first-order valence-electron chi connectivity index (χ1n) is 8.39. The normalized spacial score (nSPS) is 36.0. The second kappa shape index (κ2) is 5.59. The van der Waals surface area contributed by atoms with E-state index in [0.29, 0.717) is 0 Å². The maximum absolute atomic E-state index is 12.9. The predicted octanol–water partition coefficient (Wildman–Crippen LogP) is 0.985. The summed E-state index contributed by atoms with van der Waals surface area (Å²) in [5.41, 5.74) is 0. The molecule has 3 rings (SSSR count). The smallest absolute Gasteiger partial charge is 0.246 e. The van der Waals surface area contributed by atoms with Gasteiger partial charge in [0.1, 0.15) is 12.1 Å². The second-order valence-electron chi connectivity index (χ2n) is 6.96. The van der Waals surface area contributed by atoms with E-state index in [-0.39, 0.29) is 35.9 Å². The van der Waals surface area contributed by atoms with Gasteiger partial charge in [-0.25, -0.2) is 0 Å². The van der Waals surface area contributed by atoms with Gasteiger partial charge in [-0.1, -0.05) is 20.3 Å². The van der Waals surface area contributed by atoms with Crippen molar-refractivity contribution >= 4 is 11.8 Å². The van der Waals surface area contributed by atoms with E-state index in [9.17, 15) is 9.59 Å². The quantitative estimate of drug-likeness (QED) is 0.841. The van der Waals surface area contributed by atoms with Gasteiger partial charge in [0.05, 0.1) is 0 Å². The van der Waals surface area contributed by atoms with Crippen molar-refractivity contribution in [2.45, 2.75) is 70.6 Å². The van der Waals surface area contributed by atoms with Gasteiger partial charge in [0.15, 0.2) is 0 Å². The third kappa shape index (κ3) is 2.68. The number of piperazine rings is 1. The molecule has 5 heteroatoms. The van der Waals surface area contributed by atoms with Crippen LogP contribution in [0.4, 0.5) is 0 Å². The standard InChI is InChI=1S/C16H27N3O2/c1-4-10(2)14-16(21)19(11(3)15(20)17-14)13-7-8-18(9-13)12-5-6-12/h10-14H,4-9H2,1-3H3,(H,17,20). The monoisotopic (exact) mass is 293 g/mol. The molecule has 0 radical (unpaired) electrons. The Hall–Kier alpha value is -1.10. The average molecular weight is 293 g/mol. The van der Waals surface area contributed by atoms with Crippen LogP contribution in [0.3, 0.4) is 0 Å². The first-order valence-corrected chi connectivity index (χ1v) is 8.39. The molecule has 21 heavy (non-hydrogen) atoms. The van der Waals surface area contributed by atoms with Crippen LogP contribution in [0, 0.1) is 5.92 Å². The minimum Gasteiger partial charge on any atom is -0.342 e. The summed E-state index contributed by atoms with van der Waals surface area (Å²) in [5.74, 6) is 0.321. The molecule has 2 saturated heterocycles. The van der Waals surface area contributed by atoms with Gasteiger partial charge in [-0.2, -0.15) is 0 Å². The summed E-state index contributed by atoms with van der Waals surface area (Å²) in [7, 11) is 0. The molecular weight excluding hydrogens is 266 g/mol. The first-order chi connectivity index (χ1) is 10.0. The van der Waals surface area contributed by atoms with Gasteiger partial charge < -0.3 is 10.2 Å². The van der Waals surface area contributed by atoms with Crippen molar-refractivity contribution in [3.8, 4) is 0 Å². The Bertz CT molecular complexity index is 435. The zero-order chi connectivity index (χ0) is 15.1. The molecule has 2 amide bonds. The Kier molecular flexibility index (Phi) is 3.95. The third-order valence-corrected chi connectivity index (χ3v) is 5.48. The molecule has 3 aliphatic rings. The number of nitrogens with zero attached hydrogens (tertiary/aromatic N) is 2. The summed E-state index contributed by atoms with van der Waals surface area (Å²) in [4.78, 5) is 29.5. The van der Waals surface area contributed by atoms with E-state index in [2.05, 4.69) is 17.1 Å². The Morgan fingerprint density at radius 2 is 1.95 bits per heavy atom. The number of carbonyl (C=O) groups excluding carboxylic acids is 2. The maximum Gasteiger partial charge on any atom is 0.246 e. The summed E-state index contributed by atoms with van der Waals surface area (Å²) in [6.07, 6.45) is 4.50. The molecule has 0 aromatic carbocycles. The minimum atomic E-state index is -0.339. The third-order valence-electron chi connectivity index (χ3n) is 5.48. The number of likely N-dealkylation sites (tertiary alicyclic amines) is 1. The van der Waals surface area contributed by atoms with Crippen molar-refractivity contribution in [3.63, 3.8) is 0 Å². The van der Waals surface area contributed by atoms with Crippen molar-refractivity contribution in [2.24, 2.45) is 5.92 Å². The molecule has 4 unspecified atom stereocenters. The molecule has 4 atom stereocenters. The van der Waals surface area contributed by atoms with Gasteiger partial charge in [0.2, 0.25) is 11.8 Å². The second-order valence-corrected chi connectivity index (χ2v) is 6.96. The topological polar surface area (TPSA) is 52.7 Å². The molecule has 0 aromatic rings. The predicted molar refractivity (Wildman–Crippen MR) is 80.7 cm³/mol. The molecule has 2 aliphatic heterocycles. The van der Waals surface area contributed by atoms with Crippen molar-refractivity contribution in [1.29, 1.82) is 0 Å².